The van der Waals surface area contributed by atoms with Gasteiger partial charge in [-0.2, -0.15) is 0 Å². The number of rotatable bonds is 4. The van der Waals surface area contributed by atoms with Crippen LogP contribution in [0.1, 0.15) is 43.2 Å². The number of aryl methyl sites for hydroxylation is 1. The van der Waals surface area contributed by atoms with Gasteiger partial charge in [0.25, 0.3) is 0 Å². The van der Waals surface area contributed by atoms with Crippen LogP contribution in [0, 0.1) is 12.8 Å². The second-order valence-corrected chi connectivity index (χ2v) is 9.32. The van der Waals surface area contributed by atoms with Gasteiger partial charge in [-0.25, -0.2) is 4.98 Å². The molecule has 3 aromatic rings. The minimum absolute atomic E-state index is 0.0244. The molecule has 9 heteroatoms. The van der Waals surface area contributed by atoms with Crippen molar-refractivity contribution in [1.82, 2.24) is 25.1 Å². The van der Waals surface area contributed by atoms with Crippen LogP contribution in [0.4, 0.5) is 5.13 Å². The monoisotopic (exact) mass is 424 g/mol. The molecular weight excluding hydrogens is 400 g/mol. The summed E-state index contributed by atoms with van der Waals surface area (Å²) in [7, 11) is 0. The molecule has 2 aliphatic rings. The molecule has 0 spiro atoms. The van der Waals surface area contributed by atoms with Gasteiger partial charge in [0.1, 0.15) is 10.7 Å². The van der Waals surface area contributed by atoms with Crippen molar-refractivity contribution in [2.24, 2.45) is 5.92 Å². The Morgan fingerprint density at radius 3 is 2.80 bits per heavy atom. The third-order valence-corrected chi connectivity index (χ3v) is 7.02. The number of nitrogens with zero attached hydrogens (tertiary/aromatic N) is 5. The number of nitrogens with one attached hydrogen (secondary N) is 1. The molecule has 1 saturated heterocycles. The average Bonchev–Trinajstić information content (AvgIpc) is 3.46. The molecule has 1 atom stereocenters. The molecule has 2 amide bonds. The van der Waals surface area contributed by atoms with Crippen molar-refractivity contribution < 1.29 is 9.59 Å². The van der Waals surface area contributed by atoms with Crippen molar-refractivity contribution in [1.29, 1.82) is 0 Å². The van der Waals surface area contributed by atoms with E-state index in [1.807, 2.05) is 19.2 Å². The topological polar surface area (TPSA) is 93.0 Å². The predicted molar refractivity (Wildman–Crippen MR) is 114 cm³/mol. The summed E-state index contributed by atoms with van der Waals surface area (Å²) in [6, 6.07) is 6.73. The van der Waals surface area contributed by atoms with Gasteiger partial charge in [-0.15, -0.1) is 10.2 Å². The van der Waals surface area contributed by atoms with Gasteiger partial charge in [-0.1, -0.05) is 11.3 Å². The second-order valence-electron chi connectivity index (χ2n) is 8.16. The van der Waals surface area contributed by atoms with Gasteiger partial charge in [0.2, 0.25) is 16.9 Å². The van der Waals surface area contributed by atoms with E-state index >= 15 is 0 Å². The predicted octanol–water partition coefficient (Wildman–Crippen LogP) is 2.85. The maximum absolute atomic E-state index is 12.8. The number of pyridine rings is 1. The zero-order valence-corrected chi connectivity index (χ0v) is 17.6. The lowest BCUT2D eigenvalue weighted by Crippen LogP contribution is -2.41. The molecule has 1 aliphatic carbocycles. The van der Waals surface area contributed by atoms with Crippen LogP contribution in [0.3, 0.4) is 0 Å². The van der Waals surface area contributed by atoms with E-state index < -0.39 is 0 Å². The van der Waals surface area contributed by atoms with Crippen LogP contribution in [0.5, 0.6) is 0 Å². The highest BCUT2D eigenvalue weighted by Gasteiger charge is 2.37. The normalized spacial score (nSPS) is 24.5. The number of carbonyl (C=O) groups excluding carboxylic acids is 2. The third-order valence-electron chi connectivity index (χ3n) is 6.15. The number of aromatic nitrogens is 4. The van der Waals surface area contributed by atoms with Crippen LogP contribution in [0.15, 0.2) is 30.6 Å². The Kier molecular flexibility index (Phi) is 4.98. The van der Waals surface area contributed by atoms with Crippen LogP contribution < -0.4 is 10.2 Å². The lowest BCUT2D eigenvalue weighted by Gasteiger charge is -2.31. The highest BCUT2D eigenvalue weighted by molar-refractivity contribution is 7.15. The van der Waals surface area contributed by atoms with Gasteiger partial charge in [0.05, 0.1) is 5.92 Å². The summed E-state index contributed by atoms with van der Waals surface area (Å²) < 4.78 is 2.27. The molecule has 1 N–H and O–H groups in total. The van der Waals surface area contributed by atoms with E-state index in [2.05, 4.69) is 43.4 Å². The van der Waals surface area contributed by atoms with E-state index in [0.29, 0.717) is 17.7 Å². The standard InChI is InChI=1S/C21H24N6O2S/c1-13-24-25-21(30-13)27-12-15(11-18(27)28)20(29)23-16-4-6-17(7-5-16)26-10-8-14-3-2-9-22-19(14)26/h2-3,8-10,15-17H,4-7,11-12H2,1H3,(H,23,29). The fourth-order valence-electron chi connectivity index (χ4n) is 4.56. The fraction of sp³-hybridized carbons (Fsp3) is 0.476. The minimum atomic E-state index is -0.322. The number of hydrogen-bond acceptors (Lipinski definition) is 6. The van der Waals surface area contributed by atoms with Gasteiger partial charge < -0.3 is 9.88 Å². The van der Waals surface area contributed by atoms with Crippen molar-refractivity contribution in [3.05, 3.63) is 35.6 Å². The first-order valence-electron chi connectivity index (χ1n) is 10.4. The van der Waals surface area contributed by atoms with E-state index in [0.717, 1.165) is 41.7 Å². The van der Waals surface area contributed by atoms with Crippen LogP contribution >= 0.6 is 11.3 Å². The smallest absolute Gasteiger partial charge is 0.229 e. The fourth-order valence-corrected chi connectivity index (χ4v) is 5.28. The van der Waals surface area contributed by atoms with E-state index in [1.54, 1.807) is 4.90 Å². The van der Waals surface area contributed by atoms with E-state index in [1.165, 1.54) is 11.3 Å². The number of carbonyl (C=O) groups is 2. The summed E-state index contributed by atoms with van der Waals surface area (Å²) in [4.78, 5) is 31.3. The van der Waals surface area contributed by atoms with Crippen molar-refractivity contribution in [3.63, 3.8) is 0 Å². The summed E-state index contributed by atoms with van der Waals surface area (Å²) in [6.45, 7) is 2.24. The van der Waals surface area contributed by atoms with Crippen LogP contribution in [0.25, 0.3) is 11.0 Å². The summed E-state index contributed by atoms with van der Waals surface area (Å²) in [5, 5.41) is 13.8. The Morgan fingerprint density at radius 1 is 1.20 bits per heavy atom. The number of hydrogen-bond donors (Lipinski definition) is 1. The van der Waals surface area contributed by atoms with E-state index in [-0.39, 0.29) is 30.2 Å². The lowest BCUT2D eigenvalue weighted by molar-refractivity contribution is -0.127. The maximum Gasteiger partial charge on any atom is 0.229 e. The first-order valence-corrected chi connectivity index (χ1v) is 11.2. The molecule has 156 valence electrons. The second kappa shape index (κ2) is 7.79. The van der Waals surface area contributed by atoms with Crippen molar-refractivity contribution >= 4 is 39.3 Å². The van der Waals surface area contributed by atoms with Crippen molar-refractivity contribution in [2.75, 3.05) is 11.4 Å². The molecule has 1 unspecified atom stereocenters. The Balaban J connectivity index is 1.17. The minimum Gasteiger partial charge on any atom is -0.353 e. The zero-order valence-electron chi connectivity index (χ0n) is 16.8. The molecule has 4 heterocycles. The van der Waals surface area contributed by atoms with Crippen LogP contribution in [-0.2, 0) is 9.59 Å². The summed E-state index contributed by atoms with van der Waals surface area (Å²) in [6.07, 6.45) is 8.07. The quantitative estimate of drug-likeness (QED) is 0.695. The molecule has 1 saturated carbocycles. The summed E-state index contributed by atoms with van der Waals surface area (Å²) in [5.74, 6) is -0.400. The van der Waals surface area contributed by atoms with Crippen LogP contribution in [-0.4, -0.2) is 44.1 Å². The molecule has 3 aromatic heterocycles. The largest absolute Gasteiger partial charge is 0.353 e. The van der Waals surface area contributed by atoms with Gasteiger partial charge in [0, 0.05) is 42.8 Å². The molecule has 1 aliphatic heterocycles. The molecule has 5 rings (SSSR count). The SMILES string of the molecule is Cc1nnc(N2CC(C(=O)NC3CCC(n4ccc5cccnc54)CC3)CC2=O)s1. The molecule has 8 nitrogen and oxygen atoms in total. The highest BCUT2D eigenvalue weighted by atomic mass is 32.1. The van der Waals surface area contributed by atoms with Gasteiger partial charge >= 0.3 is 0 Å². The number of amides is 2. The van der Waals surface area contributed by atoms with Gasteiger partial charge in [-0.05, 0) is 50.8 Å². The van der Waals surface area contributed by atoms with Gasteiger partial charge in [-0.3, -0.25) is 14.5 Å². The van der Waals surface area contributed by atoms with E-state index in [4.69, 9.17) is 0 Å². The van der Waals surface area contributed by atoms with E-state index in [9.17, 15) is 9.59 Å². The molecule has 2 fully saturated rings. The number of fused-ring (bicyclic) bond motifs is 1. The Labute approximate surface area is 178 Å². The third kappa shape index (κ3) is 3.58. The first kappa shape index (κ1) is 19.2. The average molecular weight is 425 g/mol. The molecule has 0 radical (unpaired) electrons. The molecule has 0 aromatic carbocycles. The molecular formula is C21H24N6O2S. The summed E-state index contributed by atoms with van der Waals surface area (Å²) in [5.41, 5.74) is 1.03. The molecule has 30 heavy (non-hydrogen) atoms. The highest BCUT2D eigenvalue weighted by Crippen LogP contribution is 2.32. The lowest BCUT2D eigenvalue weighted by atomic mass is 9.90. The van der Waals surface area contributed by atoms with Crippen molar-refractivity contribution in [2.45, 2.75) is 51.1 Å². The maximum atomic E-state index is 12.8. The molecule has 0 bridgehead atoms. The van der Waals surface area contributed by atoms with Crippen molar-refractivity contribution in [3.8, 4) is 0 Å². The Hall–Kier alpha value is -2.81. The number of anilines is 1. The Morgan fingerprint density at radius 2 is 2.03 bits per heavy atom. The zero-order chi connectivity index (χ0) is 20.7. The van der Waals surface area contributed by atoms with Gasteiger partial charge in [0.15, 0.2) is 0 Å². The van der Waals surface area contributed by atoms with Crippen LogP contribution in [0.2, 0.25) is 0 Å². The Bertz CT molecular complexity index is 1080. The summed E-state index contributed by atoms with van der Waals surface area (Å²) >= 11 is 1.38. The first-order chi connectivity index (χ1) is 14.6.